The first-order chi connectivity index (χ1) is 22.5. The molecule has 11 heteroatoms. The number of ether oxygens (including phenoxy) is 1. The Morgan fingerprint density at radius 2 is 1.57 bits per heavy atom. The summed E-state index contributed by atoms with van der Waals surface area (Å²) in [5, 5.41) is 0.437. The summed E-state index contributed by atoms with van der Waals surface area (Å²) in [4.78, 5) is 35.8. The van der Waals surface area contributed by atoms with Gasteiger partial charge in [-0.05, 0) is 66.7 Å². The van der Waals surface area contributed by atoms with Gasteiger partial charge in [-0.2, -0.15) is 13.2 Å². The maximum absolute atomic E-state index is 14.3. The number of fused-ring (bicyclic) bond motifs is 1. The third-order valence-electron chi connectivity index (χ3n) is 7.88. The number of hydrogen-bond donors (Lipinski definition) is 0. The van der Waals surface area contributed by atoms with Gasteiger partial charge in [0.2, 0.25) is 5.91 Å². The molecular weight excluding hydrogens is 612 g/mol. The van der Waals surface area contributed by atoms with Crippen LogP contribution in [0.25, 0.3) is 16.6 Å². The Labute approximate surface area is 269 Å². The Bertz CT molecular complexity index is 1890. The molecule has 5 rings (SSSR count). The van der Waals surface area contributed by atoms with E-state index in [1.54, 1.807) is 60.5 Å². The lowest BCUT2D eigenvalue weighted by atomic mass is 10.1. The van der Waals surface area contributed by atoms with Crippen LogP contribution >= 0.6 is 0 Å². The number of halogens is 4. The van der Waals surface area contributed by atoms with Crippen LogP contribution < -0.4 is 10.3 Å². The molecule has 5 aromatic rings. The highest BCUT2D eigenvalue weighted by Gasteiger charge is 2.34. The van der Waals surface area contributed by atoms with Crippen molar-refractivity contribution in [2.75, 3.05) is 33.8 Å². The van der Waals surface area contributed by atoms with Gasteiger partial charge in [0.25, 0.3) is 5.56 Å². The molecule has 1 aromatic heterocycles. The summed E-state index contributed by atoms with van der Waals surface area (Å²) in [6, 6.07) is 26.3. The van der Waals surface area contributed by atoms with Gasteiger partial charge in [-0.3, -0.25) is 14.2 Å². The molecule has 0 aliphatic carbocycles. The van der Waals surface area contributed by atoms with E-state index in [2.05, 4.69) is 4.90 Å². The fourth-order valence-corrected chi connectivity index (χ4v) is 5.39. The van der Waals surface area contributed by atoms with E-state index in [0.29, 0.717) is 47.3 Å². The van der Waals surface area contributed by atoms with Gasteiger partial charge in [-0.15, -0.1) is 0 Å². The summed E-state index contributed by atoms with van der Waals surface area (Å²) in [5.41, 5.74) is 0.658. The second kappa shape index (κ2) is 14.6. The number of para-hydroxylation sites is 1. The molecule has 47 heavy (non-hydrogen) atoms. The summed E-state index contributed by atoms with van der Waals surface area (Å²) in [5.74, 6) is -0.778. The molecule has 0 unspecified atom stereocenters. The molecule has 1 amide bonds. The van der Waals surface area contributed by atoms with Crippen LogP contribution in [0.2, 0.25) is 0 Å². The van der Waals surface area contributed by atoms with Crippen LogP contribution in [-0.4, -0.2) is 59.0 Å². The molecule has 1 heterocycles. The molecule has 244 valence electrons. The molecule has 7 nitrogen and oxygen atoms in total. The summed E-state index contributed by atoms with van der Waals surface area (Å²) < 4.78 is 60.5. The second-order valence-electron chi connectivity index (χ2n) is 11.2. The normalized spacial score (nSPS) is 11.6. The molecule has 0 saturated heterocycles. The smallest absolute Gasteiger partial charge is 0.419 e. The van der Waals surface area contributed by atoms with Gasteiger partial charge in [0.05, 0.1) is 35.7 Å². The van der Waals surface area contributed by atoms with Crippen molar-refractivity contribution < 1.29 is 27.1 Å². The highest BCUT2D eigenvalue weighted by atomic mass is 19.4. The van der Waals surface area contributed by atoms with Crippen molar-refractivity contribution in [2.45, 2.75) is 25.6 Å². The van der Waals surface area contributed by atoms with Gasteiger partial charge in [0.15, 0.2) is 0 Å². The lowest BCUT2D eigenvalue weighted by Gasteiger charge is -2.26. The lowest BCUT2D eigenvalue weighted by molar-refractivity contribution is -0.140. The Hall–Kier alpha value is -5.03. The number of benzene rings is 4. The summed E-state index contributed by atoms with van der Waals surface area (Å²) in [7, 11) is 3.47. The molecule has 0 aliphatic rings. The average molecular weight is 647 g/mol. The molecule has 0 atom stereocenters. The summed E-state index contributed by atoms with van der Waals surface area (Å²) in [6.45, 7) is 1.56. The largest absolute Gasteiger partial charge is 0.497 e. The van der Waals surface area contributed by atoms with Gasteiger partial charge in [-0.25, -0.2) is 9.37 Å². The van der Waals surface area contributed by atoms with E-state index in [1.165, 1.54) is 4.57 Å². The van der Waals surface area contributed by atoms with E-state index >= 15 is 0 Å². The first-order valence-electron chi connectivity index (χ1n) is 15.0. The molecule has 0 N–H and O–H groups in total. The van der Waals surface area contributed by atoms with E-state index in [4.69, 9.17) is 9.72 Å². The molecule has 4 aromatic carbocycles. The fourth-order valence-electron chi connectivity index (χ4n) is 5.39. The third kappa shape index (κ3) is 8.23. The van der Waals surface area contributed by atoms with Gasteiger partial charge >= 0.3 is 6.18 Å². The quantitative estimate of drug-likeness (QED) is 0.149. The van der Waals surface area contributed by atoms with Crippen molar-refractivity contribution in [3.8, 4) is 11.4 Å². The third-order valence-corrected chi connectivity index (χ3v) is 7.88. The minimum Gasteiger partial charge on any atom is -0.497 e. The molecule has 0 fully saturated rings. The lowest BCUT2D eigenvalue weighted by Crippen LogP contribution is -2.40. The predicted molar refractivity (Wildman–Crippen MR) is 172 cm³/mol. The Morgan fingerprint density at radius 3 is 2.26 bits per heavy atom. The van der Waals surface area contributed by atoms with E-state index in [0.717, 1.165) is 17.7 Å². The monoisotopic (exact) mass is 646 g/mol. The van der Waals surface area contributed by atoms with Crippen LogP contribution in [-0.2, 0) is 30.4 Å². The van der Waals surface area contributed by atoms with Crippen molar-refractivity contribution in [2.24, 2.45) is 0 Å². The average Bonchev–Trinajstić information content (AvgIpc) is 3.05. The summed E-state index contributed by atoms with van der Waals surface area (Å²) in [6.07, 6.45) is -4.94. The molecule has 0 bridgehead atoms. The number of carbonyl (C=O) groups is 1. The number of carbonyl (C=O) groups excluding carboxylic acids is 1. The van der Waals surface area contributed by atoms with Crippen LogP contribution in [0.1, 0.15) is 22.5 Å². The Balaban J connectivity index is 1.43. The van der Waals surface area contributed by atoms with Crippen LogP contribution in [0, 0.1) is 5.82 Å². The van der Waals surface area contributed by atoms with Crippen molar-refractivity contribution in [1.29, 1.82) is 0 Å². The zero-order chi connectivity index (χ0) is 33.6. The number of likely N-dealkylation sites (N-methyl/N-ethyl adjacent to an activating group) is 1. The van der Waals surface area contributed by atoms with Crippen LogP contribution in [0.15, 0.2) is 102 Å². The number of alkyl halides is 3. The van der Waals surface area contributed by atoms with Crippen LogP contribution in [0.5, 0.6) is 5.75 Å². The van der Waals surface area contributed by atoms with E-state index in [-0.39, 0.29) is 37.1 Å². The fraction of sp³-hybridized carbons (Fsp3) is 0.250. The number of amides is 1. The first-order valence-corrected chi connectivity index (χ1v) is 15.0. The van der Waals surface area contributed by atoms with Gasteiger partial charge in [-0.1, -0.05) is 48.5 Å². The van der Waals surface area contributed by atoms with Crippen LogP contribution in [0.3, 0.4) is 0 Å². The van der Waals surface area contributed by atoms with E-state index in [1.807, 2.05) is 37.4 Å². The zero-order valence-corrected chi connectivity index (χ0v) is 26.0. The van der Waals surface area contributed by atoms with Crippen molar-refractivity contribution in [3.05, 3.63) is 136 Å². The number of aromatic nitrogens is 2. The van der Waals surface area contributed by atoms with Gasteiger partial charge in [0.1, 0.15) is 17.4 Å². The van der Waals surface area contributed by atoms with Gasteiger partial charge in [0, 0.05) is 32.6 Å². The van der Waals surface area contributed by atoms with Gasteiger partial charge < -0.3 is 14.5 Å². The second-order valence-corrected chi connectivity index (χ2v) is 11.2. The first kappa shape index (κ1) is 33.3. The Kier molecular flexibility index (Phi) is 10.4. The van der Waals surface area contributed by atoms with Crippen molar-refractivity contribution >= 4 is 16.8 Å². The Morgan fingerprint density at radius 1 is 0.872 bits per heavy atom. The molecule has 0 radical (unpaired) electrons. The summed E-state index contributed by atoms with van der Waals surface area (Å²) >= 11 is 0. The standard InChI is InChI=1S/C36H34F4N4O3/c1-42(24-25-8-4-3-5-9-25)20-21-43(34(45)23-26-12-17-30(31(37)22-26)36(38,39)40)19-18-33-41-32-11-7-6-10-29(32)35(46)44(33)27-13-15-28(47-2)16-14-27/h3-17,22H,18-21,23-24H2,1-2H3. The van der Waals surface area contributed by atoms with E-state index in [9.17, 15) is 27.2 Å². The maximum atomic E-state index is 14.3. The van der Waals surface area contributed by atoms with Crippen molar-refractivity contribution in [1.82, 2.24) is 19.4 Å². The van der Waals surface area contributed by atoms with Crippen molar-refractivity contribution in [3.63, 3.8) is 0 Å². The highest BCUT2D eigenvalue weighted by molar-refractivity contribution is 5.79. The molecule has 0 spiro atoms. The SMILES string of the molecule is COc1ccc(-n2c(CCN(CCN(C)Cc3ccccc3)C(=O)Cc3ccc(C(F)(F)F)c(F)c3)nc3ccccc3c2=O)cc1. The maximum Gasteiger partial charge on any atom is 0.419 e. The number of rotatable bonds is 12. The molecular formula is C36H34F4N4O3. The molecule has 0 aliphatic heterocycles. The van der Waals surface area contributed by atoms with E-state index < -0.39 is 23.5 Å². The molecule has 0 saturated carbocycles. The predicted octanol–water partition coefficient (Wildman–Crippen LogP) is 6.30. The number of methoxy groups -OCH3 is 1. The topological polar surface area (TPSA) is 67.7 Å². The highest BCUT2D eigenvalue weighted by Crippen LogP contribution is 2.31. The minimum atomic E-state index is -4.84. The minimum absolute atomic E-state index is 0.127. The zero-order valence-electron chi connectivity index (χ0n) is 26.0. The number of nitrogens with zero attached hydrogens (tertiary/aromatic N) is 4. The number of hydrogen-bond acceptors (Lipinski definition) is 5. The van der Waals surface area contributed by atoms with Crippen LogP contribution in [0.4, 0.5) is 17.6 Å².